The van der Waals surface area contributed by atoms with Crippen molar-refractivity contribution in [2.45, 2.75) is 30.3 Å². The van der Waals surface area contributed by atoms with Gasteiger partial charge in [0.05, 0.1) is 0 Å². The summed E-state index contributed by atoms with van der Waals surface area (Å²) in [4.78, 5) is 15.5. The fraction of sp³-hybridized carbons (Fsp3) is 0.727. The number of aromatic nitrogens is 2. The number of ether oxygens (including phenoxy) is 1. The maximum atomic E-state index is 12.2. The molecule has 0 spiro atoms. The van der Waals surface area contributed by atoms with Crippen LogP contribution < -0.4 is 4.90 Å². The molecule has 106 valence electrons. The average molecular weight is 302 g/mol. The molecule has 0 N–H and O–H groups in total. The third-order valence-electron chi connectivity index (χ3n) is 2.84. The SMILES string of the molecule is CCCSc1nnc(N2C(=O)N(C)CCC2OC)s1. The van der Waals surface area contributed by atoms with Gasteiger partial charge in [-0.25, -0.2) is 9.69 Å². The molecule has 19 heavy (non-hydrogen) atoms. The van der Waals surface area contributed by atoms with Gasteiger partial charge in [0.1, 0.15) is 6.23 Å². The van der Waals surface area contributed by atoms with Crippen LogP contribution in [0.2, 0.25) is 0 Å². The van der Waals surface area contributed by atoms with Crippen LogP contribution in [0.15, 0.2) is 4.34 Å². The van der Waals surface area contributed by atoms with Crippen molar-refractivity contribution >= 4 is 34.3 Å². The van der Waals surface area contributed by atoms with Crippen molar-refractivity contribution in [2.24, 2.45) is 0 Å². The molecule has 0 aromatic carbocycles. The molecule has 1 aliphatic heterocycles. The van der Waals surface area contributed by atoms with Gasteiger partial charge in [0.25, 0.3) is 0 Å². The number of anilines is 1. The maximum Gasteiger partial charge on any atom is 0.328 e. The average Bonchev–Trinajstić information content (AvgIpc) is 2.87. The molecule has 0 saturated carbocycles. The zero-order valence-electron chi connectivity index (χ0n) is 11.3. The van der Waals surface area contributed by atoms with Crippen molar-refractivity contribution in [2.75, 3.05) is 31.4 Å². The van der Waals surface area contributed by atoms with Gasteiger partial charge in [0.2, 0.25) is 5.13 Å². The van der Waals surface area contributed by atoms with Crippen molar-refractivity contribution < 1.29 is 9.53 Å². The number of methoxy groups -OCH3 is 1. The highest BCUT2D eigenvalue weighted by molar-refractivity contribution is 8.01. The molecule has 1 fully saturated rings. The summed E-state index contributed by atoms with van der Waals surface area (Å²) in [6, 6.07) is -0.0821. The fourth-order valence-electron chi connectivity index (χ4n) is 1.81. The lowest BCUT2D eigenvalue weighted by Crippen LogP contribution is -2.54. The number of rotatable bonds is 5. The summed E-state index contributed by atoms with van der Waals surface area (Å²) >= 11 is 3.11. The molecule has 1 atom stereocenters. The van der Waals surface area contributed by atoms with Crippen LogP contribution in [0.1, 0.15) is 19.8 Å². The van der Waals surface area contributed by atoms with E-state index in [2.05, 4.69) is 17.1 Å². The number of amides is 2. The first-order chi connectivity index (χ1) is 9.17. The van der Waals surface area contributed by atoms with Crippen LogP contribution in [-0.2, 0) is 4.74 Å². The lowest BCUT2D eigenvalue weighted by molar-refractivity contribution is 0.0700. The Labute approximate surface area is 121 Å². The second kappa shape index (κ2) is 6.53. The molecule has 2 heterocycles. The topological polar surface area (TPSA) is 58.6 Å². The van der Waals surface area contributed by atoms with E-state index in [9.17, 15) is 4.79 Å². The second-order valence-corrected chi connectivity index (χ2v) is 6.55. The van der Waals surface area contributed by atoms with E-state index in [4.69, 9.17) is 4.74 Å². The predicted octanol–water partition coefficient (Wildman–Crippen LogP) is 2.27. The monoisotopic (exact) mass is 302 g/mol. The molecular formula is C11H18N4O2S2. The van der Waals surface area contributed by atoms with E-state index in [0.717, 1.165) is 22.9 Å². The van der Waals surface area contributed by atoms with Crippen molar-refractivity contribution in [1.29, 1.82) is 0 Å². The molecule has 6 nitrogen and oxygen atoms in total. The van der Waals surface area contributed by atoms with Crippen LogP contribution in [0.5, 0.6) is 0 Å². The molecule has 0 radical (unpaired) electrons. The maximum absolute atomic E-state index is 12.2. The van der Waals surface area contributed by atoms with Crippen molar-refractivity contribution in [3.05, 3.63) is 0 Å². The summed E-state index contributed by atoms with van der Waals surface area (Å²) in [6.07, 6.45) is 1.61. The van der Waals surface area contributed by atoms with Crippen LogP contribution in [0.4, 0.5) is 9.93 Å². The predicted molar refractivity (Wildman–Crippen MR) is 76.8 cm³/mol. The van der Waals surface area contributed by atoms with E-state index in [1.165, 1.54) is 11.3 Å². The zero-order chi connectivity index (χ0) is 13.8. The molecule has 1 aliphatic rings. The van der Waals surface area contributed by atoms with Gasteiger partial charge in [0, 0.05) is 32.9 Å². The molecule has 1 aromatic heterocycles. The molecule has 1 aromatic rings. The van der Waals surface area contributed by atoms with Crippen LogP contribution >= 0.6 is 23.1 Å². The summed E-state index contributed by atoms with van der Waals surface area (Å²) in [5.41, 5.74) is 0. The second-order valence-electron chi connectivity index (χ2n) is 4.25. The van der Waals surface area contributed by atoms with Crippen LogP contribution in [0.25, 0.3) is 0 Å². The van der Waals surface area contributed by atoms with Gasteiger partial charge in [-0.1, -0.05) is 30.0 Å². The number of hydrogen-bond acceptors (Lipinski definition) is 6. The van der Waals surface area contributed by atoms with Crippen molar-refractivity contribution in [1.82, 2.24) is 15.1 Å². The largest absolute Gasteiger partial charge is 0.361 e. The number of carbonyl (C=O) groups excluding carboxylic acids is 1. The Morgan fingerprint density at radius 1 is 1.53 bits per heavy atom. The summed E-state index contributed by atoms with van der Waals surface area (Å²) < 4.78 is 6.27. The van der Waals surface area contributed by atoms with Gasteiger partial charge < -0.3 is 9.64 Å². The quantitative estimate of drug-likeness (QED) is 0.617. The lowest BCUT2D eigenvalue weighted by Gasteiger charge is -2.37. The number of thioether (sulfide) groups is 1. The van der Waals surface area contributed by atoms with E-state index >= 15 is 0 Å². The summed E-state index contributed by atoms with van der Waals surface area (Å²) in [5.74, 6) is 1.01. The van der Waals surface area contributed by atoms with Crippen molar-refractivity contribution in [3.63, 3.8) is 0 Å². The number of carbonyl (C=O) groups is 1. The lowest BCUT2D eigenvalue weighted by atomic mass is 10.3. The third-order valence-corrected chi connectivity index (χ3v) is 5.10. The normalized spacial score (nSPS) is 20.2. The first-order valence-corrected chi connectivity index (χ1v) is 8.01. The van der Waals surface area contributed by atoms with E-state index in [0.29, 0.717) is 11.7 Å². The Morgan fingerprint density at radius 2 is 2.32 bits per heavy atom. The Balaban J connectivity index is 2.16. The minimum absolute atomic E-state index is 0.0821. The van der Waals surface area contributed by atoms with Gasteiger partial charge in [-0.2, -0.15) is 0 Å². The van der Waals surface area contributed by atoms with E-state index in [1.807, 2.05) is 0 Å². The fourth-order valence-corrected chi connectivity index (χ4v) is 3.61. The molecule has 1 saturated heterocycles. The first kappa shape index (κ1) is 14.5. The van der Waals surface area contributed by atoms with E-state index in [1.54, 1.807) is 35.7 Å². The van der Waals surface area contributed by atoms with Gasteiger partial charge in [-0.05, 0) is 6.42 Å². The standard InChI is InChI=1S/C11H18N4O2S2/c1-4-7-18-10-13-12-9(19-10)15-8(17-3)5-6-14(2)11(15)16/h8H,4-7H2,1-3H3. The van der Waals surface area contributed by atoms with Gasteiger partial charge in [0.15, 0.2) is 4.34 Å². The van der Waals surface area contributed by atoms with E-state index in [-0.39, 0.29) is 12.3 Å². The minimum Gasteiger partial charge on any atom is -0.361 e. The Morgan fingerprint density at radius 3 is 3.00 bits per heavy atom. The van der Waals surface area contributed by atoms with Crippen LogP contribution in [0, 0.1) is 0 Å². The highest BCUT2D eigenvalue weighted by Gasteiger charge is 2.34. The molecule has 0 aliphatic carbocycles. The first-order valence-electron chi connectivity index (χ1n) is 6.20. The van der Waals surface area contributed by atoms with Gasteiger partial charge in [-0.15, -0.1) is 10.2 Å². The molecule has 8 heteroatoms. The molecule has 2 amide bonds. The minimum atomic E-state index is -0.249. The third kappa shape index (κ3) is 3.18. The highest BCUT2D eigenvalue weighted by atomic mass is 32.2. The molecule has 0 bridgehead atoms. The molecule has 1 unspecified atom stereocenters. The number of urea groups is 1. The van der Waals surface area contributed by atoms with Gasteiger partial charge >= 0.3 is 6.03 Å². The number of nitrogens with zero attached hydrogens (tertiary/aromatic N) is 4. The molecule has 2 rings (SSSR count). The van der Waals surface area contributed by atoms with Crippen molar-refractivity contribution in [3.8, 4) is 0 Å². The smallest absolute Gasteiger partial charge is 0.328 e. The van der Waals surface area contributed by atoms with E-state index < -0.39 is 0 Å². The van der Waals surface area contributed by atoms with Crippen LogP contribution in [0.3, 0.4) is 0 Å². The summed E-state index contributed by atoms with van der Waals surface area (Å²) in [6.45, 7) is 2.82. The molecular weight excluding hydrogens is 284 g/mol. The highest BCUT2D eigenvalue weighted by Crippen LogP contribution is 2.32. The summed E-state index contributed by atoms with van der Waals surface area (Å²) in [5, 5.41) is 8.86. The van der Waals surface area contributed by atoms with Gasteiger partial charge in [-0.3, -0.25) is 0 Å². The van der Waals surface area contributed by atoms with Crippen LogP contribution in [-0.4, -0.2) is 53.8 Å². The Hall–Kier alpha value is -0.860. The number of hydrogen-bond donors (Lipinski definition) is 0. The Bertz CT molecular complexity index is 440. The Kier molecular flexibility index (Phi) is 5.00. The summed E-state index contributed by atoms with van der Waals surface area (Å²) in [7, 11) is 3.40. The zero-order valence-corrected chi connectivity index (χ0v) is 13.0.